The molecule has 0 spiro atoms. The second-order valence-corrected chi connectivity index (χ2v) is 5.04. The van der Waals surface area contributed by atoms with E-state index in [2.05, 4.69) is 11.9 Å². The van der Waals surface area contributed by atoms with Crippen molar-refractivity contribution in [2.24, 2.45) is 0 Å². The molecule has 0 radical (unpaired) electrons. The number of halogens is 1. The lowest BCUT2D eigenvalue weighted by Gasteiger charge is -2.36. The van der Waals surface area contributed by atoms with E-state index < -0.39 is 0 Å². The summed E-state index contributed by atoms with van der Waals surface area (Å²) in [4.78, 5) is 14.2. The van der Waals surface area contributed by atoms with E-state index in [9.17, 15) is 9.18 Å². The van der Waals surface area contributed by atoms with E-state index in [-0.39, 0.29) is 17.8 Å². The van der Waals surface area contributed by atoms with Crippen LogP contribution in [0, 0.1) is 5.82 Å². The fraction of sp³-hybridized carbons (Fsp3) is 0.438. The number of rotatable bonds is 5. The van der Waals surface area contributed by atoms with Crippen molar-refractivity contribution in [3.8, 4) is 0 Å². The molecular formula is C16H21FN2O. The van der Waals surface area contributed by atoms with Crippen molar-refractivity contribution in [2.75, 3.05) is 19.6 Å². The van der Waals surface area contributed by atoms with Crippen LogP contribution in [0.2, 0.25) is 0 Å². The lowest BCUT2D eigenvalue weighted by atomic mass is 10.0. The number of carbonyl (C=O) groups is 1. The number of carbonyl (C=O) groups excluding carboxylic acids is 1. The molecule has 1 unspecified atom stereocenters. The molecule has 1 amide bonds. The lowest BCUT2D eigenvalue weighted by molar-refractivity contribution is -0.134. The second-order valence-electron chi connectivity index (χ2n) is 5.04. The summed E-state index contributed by atoms with van der Waals surface area (Å²) in [5, 5.41) is 3.27. The molecule has 3 nitrogen and oxygen atoms in total. The molecule has 0 aliphatic carbocycles. The molecule has 0 bridgehead atoms. The highest BCUT2D eigenvalue weighted by Gasteiger charge is 2.27. The van der Waals surface area contributed by atoms with Crippen LogP contribution in [0.25, 0.3) is 0 Å². The standard InChI is InChI=1S/C16H21FN2O/c1-2-3-4-8-16(20)19-10-9-18-12-15(19)13-6-5-7-14(17)11-13/h2,5-7,11,15,18H,1,3-4,8-10,12H2. The molecule has 1 saturated heterocycles. The molecule has 1 aromatic carbocycles. The quantitative estimate of drug-likeness (QED) is 0.662. The topological polar surface area (TPSA) is 32.3 Å². The van der Waals surface area contributed by atoms with Crippen LogP contribution in [-0.2, 0) is 4.79 Å². The van der Waals surface area contributed by atoms with Gasteiger partial charge in [0.15, 0.2) is 0 Å². The first-order valence-corrected chi connectivity index (χ1v) is 7.09. The van der Waals surface area contributed by atoms with Gasteiger partial charge in [-0.3, -0.25) is 4.79 Å². The third kappa shape index (κ3) is 3.67. The molecule has 0 saturated carbocycles. The zero-order chi connectivity index (χ0) is 14.4. The summed E-state index contributed by atoms with van der Waals surface area (Å²) in [6.07, 6.45) is 4.03. The van der Waals surface area contributed by atoms with Gasteiger partial charge in [0.2, 0.25) is 5.91 Å². The highest BCUT2D eigenvalue weighted by Crippen LogP contribution is 2.24. The molecule has 1 aliphatic rings. The van der Waals surface area contributed by atoms with Gasteiger partial charge in [0.1, 0.15) is 5.82 Å². The number of piperazine rings is 1. The Kier molecular flexibility index (Phi) is 5.30. The minimum absolute atomic E-state index is 0.0734. The van der Waals surface area contributed by atoms with Crippen LogP contribution in [-0.4, -0.2) is 30.4 Å². The Morgan fingerprint density at radius 3 is 3.15 bits per heavy atom. The largest absolute Gasteiger partial charge is 0.333 e. The molecular weight excluding hydrogens is 255 g/mol. The van der Waals surface area contributed by atoms with E-state index >= 15 is 0 Å². The Labute approximate surface area is 119 Å². The third-order valence-corrected chi connectivity index (χ3v) is 3.60. The van der Waals surface area contributed by atoms with Gasteiger partial charge < -0.3 is 10.2 Å². The molecule has 1 heterocycles. The summed E-state index contributed by atoms with van der Waals surface area (Å²) in [7, 11) is 0. The second kappa shape index (κ2) is 7.20. The Morgan fingerprint density at radius 2 is 2.40 bits per heavy atom. The van der Waals surface area contributed by atoms with Gasteiger partial charge in [-0.15, -0.1) is 6.58 Å². The average molecular weight is 276 g/mol. The summed E-state index contributed by atoms with van der Waals surface area (Å²) in [5.74, 6) is -0.116. The van der Waals surface area contributed by atoms with E-state index in [4.69, 9.17) is 0 Å². The maximum absolute atomic E-state index is 13.4. The Balaban J connectivity index is 2.08. The highest BCUT2D eigenvalue weighted by atomic mass is 19.1. The molecule has 1 fully saturated rings. The number of benzene rings is 1. The summed E-state index contributed by atoms with van der Waals surface area (Å²) >= 11 is 0. The number of nitrogens with one attached hydrogen (secondary N) is 1. The molecule has 1 N–H and O–H groups in total. The zero-order valence-corrected chi connectivity index (χ0v) is 11.6. The maximum Gasteiger partial charge on any atom is 0.223 e. The molecule has 108 valence electrons. The summed E-state index contributed by atoms with van der Waals surface area (Å²) < 4.78 is 13.4. The minimum atomic E-state index is -0.257. The van der Waals surface area contributed by atoms with E-state index in [1.54, 1.807) is 6.07 Å². The third-order valence-electron chi connectivity index (χ3n) is 3.60. The van der Waals surface area contributed by atoms with Crippen LogP contribution < -0.4 is 5.32 Å². The highest BCUT2D eigenvalue weighted by molar-refractivity contribution is 5.77. The average Bonchev–Trinajstić information content (AvgIpc) is 2.47. The number of hydrogen-bond acceptors (Lipinski definition) is 2. The first-order chi connectivity index (χ1) is 9.72. The molecule has 1 aliphatic heterocycles. The van der Waals surface area contributed by atoms with Crippen molar-refractivity contribution in [3.63, 3.8) is 0 Å². The number of unbranched alkanes of at least 4 members (excludes halogenated alkanes) is 1. The first-order valence-electron chi connectivity index (χ1n) is 7.09. The maximum atomic E-state index is 13.4. The van der Waals surface area contributed by atoms with E-state index in [0.717, 1.165) is 24.9 Å². The van der Waals surface area contributed by atoms with E-state index in [1.807, 2.05) is 17.0 Å². The summed E-state index contributed by atoms with van der Waals surface area (Å²) in [5.41, 5.74) is 0.856. The van der Waals surface area contributed by atoms with Crippen LogP contribution >= 0.6 is 0 Å². The van der Waals surface area contributed by atoms with Crippen molar-refractivity contribution in [1.29, 1.82) is 0 Å². The molecule has 1 atom stereocenters. The van der Waals surface area contributed by atoms with Crippen LogP contribution in [0.4, 0.5) is 4.39 Å². The SMILES string of the molecule is C=CCCCC(=O)N1CCNCC1c1cccc(F)c1. The van der Waals surface area contributed by atoms with Gasteiger partial charge >= 0.3 is 0 Å². The van der Waals surface area contributed by atoms with Crippen molar-refractivity contribution in [3.05, 3.63) is 48.3 Å². The number of hydrogen-bond donors (Lipinski definition) is 1. The Morgan fingerprint density at radius 1 is 1.55 bits per heavy atom. The van der Waals surface area contributed by atoms with Gasteiger partial charge in [0, 0.05) is 26.1 Å². The van der Waals surface area contributed by atoms with Crippen molar-refractivity contribution >= 4 is 5.91 Å². The summed E-state index contributed by atoms with van der Waals surface area (Å²) in [6, 6.07) is 6.44. The fourth-order valence-electron chi connectivity index (χ4n) is 2.56. The summed E-state index contributed by atoms with van der Waals surface area (Å²) in [6.45, 7) is 5.81. The first kappa shape index (κ1) is 14.7. The zero-order valence-electron chi connectivity index (χ0n) is 11.6. The fourth-order valence-corrected chi connectivity index (χ4v) is 2.56. The van der Waals surface area contributed by atoms with Crippen molar-refractivity contribution < 1.29 is 9.18 Å². The van der Waals surface area contributed by atoms with Gasteiger partial charge in [0.25, 0.3) is 0 Å². The van der Waals surface area contributed by atoms with E-state index in [0.29, 0.717) is 19.5 Å². The predicted molar refractivity (Wildman–Crippen MR) is 77.8 cm³/mol. The number of allylic oxidation sites excluding steroid dienone is 1. The molecule has 2 rings (SSSR count). The number of nitrogens with zero attached hydrogens (tertiary/aromatic N) is 1. The van der Waals surface area contributed by atoms with Gasteiger partial charge in [-0.2, -0.15) is 0 Å². The van der Waals surface area contributed by atoms with Crippen LogP contribution in [0.1, 0.15) is 30.9 Å². The van der Waals surface area contributed by atoms with Gasteiger partial charge in [-0.25, -0.2) is 4.39 Å². The Hall–Kier alpha value is -1.68. The van der Waals surface area contributed by atoms with Gasteiger partial charge in [-0.05, 0) is 30.5 Å². The van der Waals surface area contributed by atoms with Crippen LogP contribution in [0.3, 0.4) is 0 Å². The van der Waals surface area contributed by atoms with Crippen LogP contribution in [0.15, 0.2) is 36.9 Å². The number of amides is 1. The molecule has 20 heavy (non-hydrogen) atoms. The molecule has 4 heteroatoms. The predicted octanol–water partition coefficient (Wildman–Crippen LogP) is 2.65. The monoisotopic (exact) mass is 276 g/mol. The normalized spacial score (nSPS) is 18.9. The van der Waals surface area contributed by atoms with E-state index in [1.165, 1.54) is 12.1 Å². The lowest BCUT2D eigenvalue weighted by Crippen LogP contribution is -2.48. The van der Waals surface area contributed by atoms with Gasteiger partial charge in [-0.1, -0.05) is 18.2 Å². The van der Waals surface area contributed by atoms with Crippen molar-refractivity contribution in [1.82, 2.24) is 10.2 Å². The smallest absolute Gasteiger partial charge is 0.223 e. The van der Waals surface area contributed by atoms with Crippen molar-refractivity contribution in [2.45, 2.75) is 25.3 Å². The minimum Gasteiger partial charge on any atom is -0.333 e. The van der Waals surface area contributed by atoms with Gasteiger partial charge in [0.05, 0.1) is 6.04 Å². The molecule has 1 aromatic rings. The Bertz CT molecular complexity index is 475. The molecule has 0 aromatic heterocycles. The van der Waals surface area contributed by atoms with Crippen LogP contribution in [0.5, 0.6) is 0 Å².